The predicted molar refractivity (Wildman–Crippen MR) is 399 cm³/mol. The van der Waals surface area contributed by atoms with Crippen molar-refractivity contribution in [1.29, 1.82) is 0 Å². The summed E-state index contributed by atoms with van der Waals surface area (Å²) in [6, 6.07) is -1.72. The van der Waals surface area contributed by atoms with Crippen molar-refractivity contribution in [3.63, 3.8) is 0 Å². The van der Waals surface area contributed by atoms with Crippen LogP contribution in [0.15, 0.2) is 0 Å². The summed E-state index contributed by atoms with van der Waals surface area (Å²) in [5.41, 5.74) is 0. The molecule has 18 heteroatoms. The molecule has 584 valence electrons. The first-order chi connectivity index (χ1) is 47.5. The van der Waals surface area contributed by atoms with Crippen molar-refractivity contribution in [2.24, 2.45) is 23.7 Å². The van der Waals surface area contributed by atoms with E-state index in [0.717, 1.165) is 38.5 Å². The van der Waals surface area contributed by atoms with Crippen molar-refractivity contribution in [2.75, 3.05) is 26.4 Å². The average molecular weight is 1400 g/mol. The molecule has 2 aliphatic carbocycles. The standard InChI is InChI=1S/C40H80N2O7.C40H79NO8/c1-3-5-6-7-8-9-10-11-12-13-14-15-16-17-18-19-20-21-22-23-24-25-28-41-40(49)42-35(36(45)30-34(44)4-2)27-26-32-29-33(31-43)38(47)39(48)37(32)46;1-3-5-6-7-8-9-10-11-12-13-14-15-16-17-18-19-20-21-22-23-24-25-28-49-40(48)41-35(36(44)30-34(43)4-2)27-26-32-29-33(31-42)38(46)39(47)37(32)45/h32-39,43-48H,3-31H2,1-2H3,(H2,41,42,49);32-39,42-47H,3-31H2,1-2H3,(H,41,48). The van der Waals surface area contributed by atoms with E-state index in [1.165, 1.54) is 244 Å². The van der Waals surface area contributed by atoms with Gasteiger partial charge in [-0.2, -0.15) is 0 Å². The number of nitrogens with one attached hydrogen (secondary N) is 3. The van der Waals surface area contributed by atoms with Crippen LogP contribution in [0.25, 0.3) is 0 Å². The number of alkyl carbamates (subject to hydrolysis) is 1. The minimum Gasteiger partial charge on any atom is -0.450 e. The maximum atomic E-state index is 12.7. The number of ether oxygens (including phenoxy) is 1. The Hall–Kier alpha value is -1.94. The van der Waals surface area contributed by atoms with Crippen molar-refractivity contribution in [3.05, 3.63) is 0 Å². The van der Waals surface area contributed by atoms with E-state index in [1.807, 2.05) is 13.8 Å². The molecule has 15 N–H and O–H groups in total. The van der Waals surface area contributed by atoms with Crippen molar-refractivity contribution < 1.29 is 75.6 Å². The highest BCUT2D eigenvalue weighted by molar-refractivity contribution is 5.74. The van der Waals surface area contributed by atoms with Gasteiger partial charge in [0.25, 0.3) is 0 Å². The van der Waals surface area contributed by atoms with Gasteiger partial charge in [0.2, 0.25) is 0 Å². The quantitative estimate of drug-likeness (QED) is 0.0252. The Kier molecular flexibility index (Phi) is 62.1. The van der Waals surface area contributed by atoms with Crippen LogP contribution >= 0.6 is 0 Å². The van der Waals surface area contributed by atoms with Gasteiger partial charge in [-0.25, -0.2) is 9.59 Å². The second-order valence-electron chi connectivity index (χ2n) is 30.4. The number of carbonyl (C=O) groups is 2. The zero-order chi connectivity index (χ0) is 72.2. The lowest BCUT2D eigenvalue weighted by molar-refractivity contribution is -0.143. The Morgan fingerprint density at radius 1 is 0.357 bits per heavy atom. The third kappa shape index (κ3) is 48.2. The summed E-state index contributed by atoms with van der Waals surface area (Å²) in [7, 11) is 0. The molecular weight excluding hydrogens is 1240 g/mol. The van der Waals surface area contributed by atoms with Gasteiger partial charge in [-0.1, -0.05) is 297 Å². The van der Waals surface area contributed by atoms with E-state index in [4.69, 9.17) is 4.74 Å². The number of carbonyl (C=O) groups excluding carboxylic acids is 2. The lowest BCUT2D eigenvalue weighted by Crippen LogP contribution is -2.53. The molecule has 2 aliphatic rings. The maximum Gasteiger partial charge on any atom is 0.407 e. The predicted octanol–water partition coefficient (Wildman–Crippen LogP) is 15.0. The SMILES string of the molecule is CCCCCCCCCCCCCCCCCCCCCCCCNC(=O)NC(CCC1CC(CO)C(O)C(O)C1O)C(O)CC(O)CC.CCCCCCCCCCCCCCCCCCCCCCCCOC(=O)NC(CCC1CC(CO)C(O)C(O)C1O)C(O)CC(O)CC. The van der Waals surface area contributed by atoms with Crippen LogP contribution in [0.3, 0.4) is 0 Å². The maximum absolute atomic E-state index is 12.7. The number of hydrogen-bond donors (Lipinski definition) is 15. The van der Waals surface area contributed by atoms with E-state index in [1.54, 1.807) is 0 Å². The van der Waals surface area contributed by atoms with Gasteiger partial charge in [-0.15, -0.1) is 0 Å². The molecule has 0 radical (unpaired) electrons. The third-order valence-corrected chi connectivity index (χ3v) is 21.8. The summed E-state index contributed by atoms with van der Waals surface area (Å²) in [6.07, 6.45) is 50.2. The Bertz CT molecular complexity index is 1640. The normalized spacial score (nSPS) is 22.9. The first-order valence-corrected chi connectivity index (χ1v) is 41.5. The highest BCUT2D eigenvalue weighted by Crippen LogP contribution is 2.35. The Labute approximate surface area is 598 Å². The van der Waals surface area contributed by atoms with Crippen LogP contribution in [-0.4, -0.2) is 173 Å². The Morgan fingerprint density at radius 2 is 0.622 bits per heavy atom. The summed E-state index contributed by atoms with van der Waals surface area (Å²) >= 11 is 0. The molecule has 0 aromatic carbocycles. The Morgan fingerprint density at radius 3 is 0.908 bits per heavy atom. The highest BCUT2D eigenvalue weighted by atomic mass is 16.5. The molecular formula is C80H159N3O15. The fourth-order valence-electron chi connectivity index (χ4n) is 14.7. The molecule has 2 rings (SSSR count). The van der Waals surface area contributed by atoms with Crippen molar-refractivity contribution in [2.45, 2.75) is 448 Å². The molecule has 0 aliphatic heterocycles. The van der Waals surface area contributed by atoms with Crippen LogP contribution in [0.4, 0.5) is 9.59 Å². The zero-order valence-corrected chi connectivity index (χ0v) is 63.3. The van der Waals surface area contributed by atoms with Crippen molar-refractivity contribution >= 4 is 12.1 Å². The molecule has 0 spiro atoms. The van der Waals surface area contributed by atoms with E-state index < -0.39 is 103 Å². The van der Waals surface area contributed by atoms with Gasteiger partial charge in [0.1, 0.15) is 12.2 Å². The van der Waals surface area contributed by atoms with E-state index in [-0.39, 0.29) is 38.5 Å². The number of hydrogen-bond acceptors (Lipinski definition) is 15. The van der Waals surface area contributed by atoms with Gasteiger partial charge in [0, 0.05) is 44.4 Å². The second-order valence-corrected chi connectivity index (χ2v) is 30.4. The average Bonchev–Trinajstić information content (AvgIpc) is 0.828. The van der Waals surface area contributed by atoms with Crippen LogP contribution in [0.5, 0.6) is 0 Å². The number of amides is 3. The topological polar surface area (TPSA) is 322 Å². The first-order valence-electron chi connectivity index (χ1n) is 41.5. The fourth-order valence-corrected chi connectivity index (χ4v) is 14.7. The minimum absolute atomic E-state index is 0.0920. The fraction of sp³-hybridized carbons (Fsp3) is 0.975. The minimum atomic E-state index is -1.36. The zero-order valence-electron chi connectivity index (χ0n) is 63.3. The monoisotopic (exact) mass is 1400 g/mol. The van der Waals surface area contributed by atoms with Crippen molar-refractivity contribution in [3.8, 4) is 0 Å². The van der Waals surface area contributed by atoms with Crippen LogP contribution in [0.1, 0.15) is 374 Å². The highest BCUT2D eigenvalue weighted by Gasteiger charge is 2.44. The second kappa shape index (κ2) is 64.6. The van der Waals surface area contributed by atoms with Gasteiger partial charge < -0.3 is 82.0 Å². The molecule has 2 fully saturated rings. The lowest BCUT2D eigenvalue weighted by Gasteiger charge is -2.40. The summed E-state index contributed by atoms with van der Waals surface area (Å²) in [4.78, 5) is 25.3. The van der Waals surface area contributed by atoms with Crippen LogP contribution in [0, 0.1) is 23.7 Å². The van der Waals surface area contributed by atoms with E-state index in [0.29, 0.717) is 58.1 Å². The molecule has 16 unspecified atom stereocenters. The lowest BCUT2D eigenvalue weighted by atomic mass is 9.73. The van der Waals surface area contributed by atoms with Gasteiger partial charge in [-0.05, 0) is 76.0 Å². The molecule has 0 bridgehead atoms. The molecule has 98 heavy (non-hydrogen) atoms. The number of unbranched alkanes of at least 4 members (excludes halogenated alkanes) is 42. The van der Waals surface area contributed by atoms with E-state index in [9.17, 15) is 70.9 Å². The molecule has 0 heterocycles. The van der Waals surface area contributed by atoms with E-state index >= 15 is 0 Å². The van der Waals surface area contributed by atoms with Gasteiger partial charge >= 0.3 is 12.1 Å². The number of aliphatic hydroxyl groups excluding tert-OH is 12. The number of aliphatic hydroxyl groups is 12. The van der Waals surface area contributed by atoms with Crippen molar-refractivity contribution in [1.82, 2.24) is 16.0 Å². The number of rotatable bonds is 64. The van der Waals surface area contributed by atoms with E-state index in [2.05, 4.69) is 29.8 Å². The molecule has 3 amide bonds. The summed E-state index contributed by atoms with van der Waals surface area (Å²) in [5, 5.41) is 131. The summed E-state index contributed by atoms with van der Waals surface area (Å²) in [6.45, 7) is 8.45. The van der Waals surface area contributed by atoms with Gasteiger partial charge in [0.15, 0.2) is 0 Å². The van der Waals surface area contributed by atoms with Crippen LogP contribution < -0.4 is 16.0 Å². The van der Waals surface area contributed by atoms with Gasteiger partial charge in [-0.3, -0.25) is 0 Å². The van der Waals surface area contributed by atoms with Crippen LogP contribution in [0.2, 0.25) is 0 Å². The largest absolute Gasteiger partial charge is 0.450 e. The number of urea groups is 1. The molecule has 2 saturated carbocycles. The molecule has 0 aromatic heterocycles. The Balaban J connectivity index is 0.000000980. The van der Waals surface area contributed by atoms with Gasteiger partial charge in [0.05, 0.1) is 67.5 Å². The summed E-state index contributed by atoms with van der Waals surface area (Å²) < 4.78 is 5.40. The first kappa shape index (κ1) is 94.1. The smallest absolute Gasteiger partial charge is 0.407 e. The summed E-state index contributed by atoms with van der Waals surface area (Å²) in [5.74, 6) is -1.90. The molecule has 0 saturated heterocycles. The molecule has 16 atom stereocenters. The van der Waals surface area contributed by atoms with Crippen LogP contribution in [-0.2, 0) is 4.74 Å². The molecule has 0 aromatic rings. The third-order valence-electron chi connectivity index (χ3n) is 21.8. The molecule has 18 nitrogen and oxygen atoms in total.